The van der Waals surface area contributed by atoms with Crippen molar-refractivity contribution in [3.05, 3.63) is 77.6 Å². The van der Waals surface area contributed by atoms with Gasteiger partial charge in [-0.05, 0) is 53.4 Å². The van der Waals surface area contributed by atoms with Gasteiger partial charge in [0.2, 0.25) is 11.8 Å². The summed E-state index contributed by atoms with van der Waals surface area (Å²) in [6.07, 6.45) is 1.56. The SMILES string of the molecule is O=C1CC(C(=O)N2CCCC(NC(=O)c3ccc4ccccc4c3)C2)c2ccc(F)cc2N1. The van der Waals surface area contributed by atoms with Crippen molar-refractivity contribution >= 4 is 34.2 Å². The molecule has 2 heterocycles. The minimum atomic E-state index is -0.649. The molecule has 2 aliphatic heterocycles. The molecule has 1 fully saturated rings. The molecule has 3 aromatic rings. The summed E-state index contributed by atoms with van der Waals surface area (Å²) in [7, 11) is 0. The third-order valence-corrected chi connectivity index (χ3v) is 6.43. The van der Waals surface area contributed by atoms with E-state index in [0.29, 0.717) is 29.9 Å². The van der Waals surface area contributed by atoms with Gasteiger partial charge in [0.25, 0.3) is 5.91 Å². The molecular weight excluding hydrogens is 421 g/mol. The first-order chi connectivity index (χ1) is 16.0. The minimum absolute atomic E-state index is 0.0298. The number of anilines is 1. The highest BCUT2D eigenvalue weighted by molar-refractivity contribution is 6.01. The molecule has 0 aliphatic carbocycles. The van der Waals surface area contributed by atoms with Gasteiger partial charge in [-0.2, -0.15) is 0 Å². The molecule has 2 aliphatic rings. The van der Waals surface area contributed by atoms with Crippen molar-refractivity contribution in [3.63, 3.8) is 0 Å². The van der Waals surface area contributed by atoms with E-state index in [1.165, 1.54) is 12.1 Å². The van der Waals surface area contributed by atoms with Gasteiger partial charge in [-0.25, -0.2) is 4.39 Å². The quantitative estimate of drug-likeness (QED) is 0.643. The van der Waals surface area contributed by atoms with E-state index in [9.17, 15) is 18.8 Å². The van der Waals surface area contributed by atoms with E-state index >= 15 is 0 Å². The Kier molecular flexibility index (Phi) is 5.54. The van der Waals surface area contributed by atoms with Crippen LogP contribution in [0, 0.1) is 5.82 Å². The van der Waals surface area contributed by atoms with Crippen LogP contribution in [0.15, 0.2) is 60.7 Å². The summed E-state index contributed by atoms with van der Waals surface area (Å²) >= 11 is 0. The Labute approximate surface area is 190 Å². The number of nitrogens with one attached hydrogen (secondary N) is 2. The first-order valence-electron chi connectivity index (χ1n) is 11.2. The number of likely N-dealkylation sites (tertiary alicyclic amines) is 1. The summed E-state index contributed by atoms with van der Waals surface area (Å²) in [6.45, 7) is 0.947. The zero-order chi connectivity index (χ0) is 22.9. The van der Waals surface area contributed by atoms with Gasteiger partial charge in [-0.15, -0.1) is 0 Å². The Morgan fingerprint density at radius 3 is 2.70 bits per heavy atom. The topological polar surface area (TPSA) is 78.5 Å². The van der Waals surface area contributed by atoms with E-state index in [2.05, 4.69) is 10.6 Å². The Morgan fingerprint density at radius 1 is 1.03 bits per heavy atom. The molecule has 2 atom stereocenters. The fourth-order valence-electron chi connectivity index (χ4n) is 4.77. The van der Waals surface area contributed by atoms with Crippen molar-refractivity contribution in [3.8, 4) is 0 Å². The molecule has 1 saturated heterocycles. The molecular formula is C26H24FN3O3. The third-order valence-electron chi connectivity index (χ3n) is 6.43. The highest BCUT2D eigenvalue weighted by Gasteiger charge is 2.35. The number of nitrogens with zero attached hydrogens (tertiary/aromatic N) is 1. The van der Waals surface area contributed by atoms with Gasteiger partial charge < -0.3 is 15.5 Å². The first kappa shape index (κ1) is 21.1. The lowest BCUT2D eigenvalue weighted by Gasteiger charge is -2.36. The maximum absolute atomic E-state index is 13.6. The normalized spacial score (nSPS) is 20.2. The lowest BCUT2D eigenvalue weighted by Crippen LogP contribution is -2.51. The molecule has 0 radical (unpaired) electrons. The van der Waals surface area contributed by atoms with E-state index in [4.69, 9.17) is 0 Å². The predicted octanol–water partition coefficient (Wildman–Crippen LogP) is 3.83. The Bertz CT molecular complexity index is 1260. The molecule has 2 unspecified atom stereocenters. The lowest BCUT2D eigenvalue weighted by atomic mass is 9.88. The minimum Gasteiger partial charge on any atom is -0.348 e. The zero-order valence-corrected chi connectivity index (χ0v) is 18.0. The monoisotopic (exact) mass is 445 g/mol. The second kappa shape index (κ2) is 8.65. The largest absolute Gasteiger partial charge is 0.348 e. The first-order valence-corrected chi connectivity index (χ1v) is 11.2. The van der Waals surface area contributed by atoms with E-state index in [1.54, 1.807) is 17.0 Å². The highest BCUT2D eigenvalue weighted by atomic mass is 19.1. The van der Waals surface area contributed by atoms with Crippen molar-refractivity contribution in [2.75, 3.05) is 18.4 Å². The number of amides is 3. The number of rotatable bonds is 3. The summed E-state index contributed by atoms with van der Waals surface area (Å²) < 4.78 is 13.6. The van der Waals surface area contributed by atoms with Crippen LogP contribution in [0.1, 0.15) is 41.1 Å². The molecule has 0 bridgehead atoms. The number of hydrogen-bond acceptors (Lipinski definition) is 3. The molecule has 7 heteroatoms. The number of halogens is 1. The van der Waals surface area contributed by atoms with Crippen molar-refractivity contribution in [1.82, 2.24) is 10.2 Å². The predicted molar refractivity (Wildman–Crippen MR) is 123 cm³/mol. The smallest absolute Gasteiger partial charge is 0.251 e. The van der Waals surface area contributed by atoms with Crippen LogP contribution < -0.4 is 10.6 Å². The molecule has 6 nitrogen and oxygen atoms in total. The summed E-state index contributed by atoms with van der Waals surface area (Å²) in [5.74, 6) is -1.74. The molecule has 3 aromatic carbocycles. The third kappa shape index (κ3) is 4.31. The van der Waals surface area contributed by atoms with Gasteiger partial charge >= 0.3 is 0 Å². The molecule has 0 saturated carbocycles. The second-order valence-corrected chi connectivity index (χ2v) is 8.70. The van der Waals surface area contributed by atoms with Crippen LogP contribution in [0.25, 0.3) is 10.8 Å². The van der Waals surface area contributed by atoms with Gasteiger partial charge in [-0.1, -0.05) is 36.4 Å². The van der Waals surface area contributed by atoms with Crippen molar-refractivity contribution in [1.29, 1.82) is 0 Å². The number of fused-ring (bicyclic) bond motifs is 2. The lowest BCUT2D eigenvalue weighted by molar-refractivity contribution is -0.136. The number of piperidine rings is 1. The van der Waals surface area contributed by atoms with E-state index in [0.717, 1.165) is 23.6 Å². The maximum atomic E-state index is 13.6. The van der Waals surface area contributed by atoms with Gasteiger partial charge in [0.05, 0.1) is 5.92 Å². The Hall–Kier alpha value is -3.74. The Balaban J connectivity index is 1.29. The van der Waals surface area contributed by atoms with Crippen LogP contribution in [-0.4, -0.2) is 41.8 Å². The fraction of sp³-hybridized carbons (Fsp3) is 0.269. The molecule has 33 heavy (non-hydrogen) atoms. The fourth-order valence-corrected chi connectivity index (χ4v) is 4.77. The summed E-state index contributed by atoms with van der Waals surface area (Å²) in [6, 6.07) is 17.4. The van der Waals surface area contributed by atoms with Crippen LogP contribution >= 0.6 is 0 Å². The van der Waals surface area contributed by atoms with Crippen LogP contribution in [0.2, 0.25) is 0 Å². The van der Waals surface area contributed by atoms with Gasteiger partial charge in [0, 0.05) is 36.8 Å². The summed E-state index contributed by atoms with van der Waals surface area (Å²) in [5.41, 5.74) is 1.56. The van der Waals surface area contributed by atoms with Crippen molar-refractivity contribution < 1.29 is 18.8 Å². The number of carbonyl (C=O) groups is 3. The zero-order valence-electron chi connectivity index (χ0n) is 18.0. The Morgan fingerprint density at radius 2 is 1.85 bits per heavy atom. The second-order valence-electron chi connectivity index (χ2n) is 8.70. The van der Waals surface area contributed by atoms with Crippen LogP contribution in [0.5, 0.6) is 0 Å². The summed E-state index contributed by atoms with van der Waals surface area (Å²) in [4.78, 5) is 40.1. The molecule has 0 spiro atoms. The average molecular weight is 445 g/mol. The number of carbonyl (C=O) groups excluding carboxylic acids is 3. The van der Waals surface area contributed by atoms with Gasteiger partial charge in [0.15, 0.2) is 0 Å². The van der Waals surface area contributed by atoms with Gasteiger partial charge in [0.1, 0.15) is 5.82 Å². The molecule has 3 amide bonds. The molecule has 2 N–H and O–H groups in total. The van der Waals surface area contributed by atoms with Crippen LogP contribution in [0.3, 0.4) is 0 Å². The average Bonchev–Trinajstić information content (AvgIpc) is 2.82. The number of hydrogen-bond donors (Lipinski definition) is 2. The van der Waals surface area contributed by atoms with Crippen molar-refractivity contribution in [2.45, 2.75) is 31.2 Å². The van der Waals surface area contributed by atoms with E-state index < -0.39 is 11.7 Å². The number of benzene rings is 3. The molecule has 5 rings (SSSR count). The standard InChI is InChI=1S/C26H24FN3O3/c27-19-9-10-21-22(14-24(31)29-23(21)13-19)26(33)30-11-3-6-20(15-30)28-25(32)18-8-7-16-4-1-2-5-17(16)12-18/h1-2,4-5,7-10,12-13,20,22H,3,6,11,14-15H2,(H,28,32)(H,29,31). The maximum Gasteiger partial charge on any atom is 0.251 e. The van der Waals surface area contributed by atoms with E-state index in [1.807, 2.05) is 36.4 Å². The molecule has 168 valence electrons. The van der Waals surface area contributed by atoms with Crippen molar-refractivity contribution in [2.24, 2.45) is 0 Å². The van der Waals surface area contributed by atoms with Crippen LogP contribution in [0.4, 0.5) is 10.1 Å². The molecule has 0 aromatic heterocycles. The highest BCUT2D eigenvalue weighted by Crippen LogP contribution is 2.34. The van der Waals surface area contributed by atoms with Crippen LogP contribution in [-0.2, 0) is 9.59 Å². The van der Waals surface area contributed by atoms with E-state index in [-0.39, 0.29) is 30.2 Å². The summed E-state index contributed by atoms with van der Waals surface area (Å²) in [5, 5.41) is 7.77. The van der Waals surface area contributed by atoms with Gasteiger partial charge in [-0.3, -0.25) is 14.4 Å².